The minimum absolute atomic E-state index is 0.0210. The monoisotopic (exact) mass is 237 g/mol. The van der Waals surface area contributed by atoms with E-state index in [1.807, 2.05) is 0 Å². The van der Waals surface area contributed by atoms with Crippen LogP contribution in [0.25, 0.3) is 0 Å². The molecule has 0 saturated heterocycles. The summed E-state index contributed by atoms with van der Waals surface area (Å²) >= 11 is 0. The molecule has 1 aliphatic rings. The second-order valence-electron chi connectivity index (χ2n) is 4.66. The first-order valence-corrected chi connectivity index (χ1v) is 5.47. The summed E-state index contributed by atoms with van der Waals surface area (Å²) in [6.45, 7) is 1.55. The van der Waals surface area contributed by atoms with Gasteiger partial charge in [0.2, 0.25) is 0 Å². The van der Waals surface area contributed by atoms with Gasteiger partial charge in [0.15, 0.2) is 0 Å². The molecule has 17 heavy (non-hydrogen) atoms. The summed E-state index contributed by atoms with van der Waals surface area (Å²) in [6.07, 6.45) is 4.74. The largest absolute Gasteiger partial charge is 0.480 e. The lowest BCUT2D eigenvalue weighted by molar-refractivity contribution is -0.144. The van der Waals surface area contributed by atoms with Crippen molar-refractivity contribution < 1.29 is 14.7 Å². The summed E-state index contributed by atoms with van der Waals surface area (Å²) in [7, 11) is 1.75. The van der Waals surface area contributed by atoms with Crippen LogP contribution in [0.2, 0.25) is 0 Å². The van der Waals surface area contributed by atoms with Gasteiger partial charge in [-0.3, -0.25) is 4.79 Å². The number of carboxylic acids is 1. The number of hydrogen-bond acceptors (Lipinski definition) is 3. The first kappa shape index (κ1) is 11.6. The van der Waals surface area contributed by atoms with Crippen molar-refractivity contribution in [2.75, 3.05) is 0 Å². The maximum atomic E-state index is 11.9. The SMILES string of the molecule is Cn1cnc(C(=O)NC(C)(C(=O)O)C2CC2)c1. The molecule has 1 unspecified atom stereocenters. The fourth-order valence-corrected chi connectivity index (χ4v) is 1.82. The maximum absolute atomic E-state index is 11.9. The molecule has 0 bridgehead atoms. The smallest absolute Gasteiger partial charge is 0.329 e. The number of hydrogen-bond donors (Lipinski definition) is 2. The predicted molar refractivity (Wildman–Crippen MR) is 59.4 cm³/mol. The van der Waals surface area contributed by atoms with Crippen LogP contribution in [0.3, 0.4) is 0 Å². The highest BCUT2D eigenvalue weighted by Gasteiger charge is 2.48. The van der Waals surface area contributed by atoms with Gasteiger partial charge >= 0.3 is 5.97 Å². The van der Waals surface area contributed by atoms with E-state index in [1.54, 1.807) is 24.7 Å². The number of carbonyl (C=O) groups is 2. The number of carboxylic acid groups (broad SMARTS) is 1. The molecule has 1 amide bonds. The van der Waals surface area contributed by atoms with Crippen LogP contribution in [-0.4, -0.2) is 32.1 Å². The average Bonchev–Trinajstić information content (AvgIpc) is 3.01. The molecular weight excluding hydrogens is 222 g/mol. The van der Waals surface area contributed by atoms with Crippen LogP contribution in [0.5, 0.6) is 0 Å². The first-order valence-electron chi connectivity index (χ1n) is 5.47. The van der Waals surface area contributed by atoms with Gasteiger partial charge in [-0.15, -0.1) is 0 Å². The lowest BCUT2D eigenvalue weighted by Crippen LogP contribution is -2.54. The number of aromatic nitrogens is 2. The molecule has 0 spiro atoms. The Labute approximate surface area is 98.7 Å². The Morgan fingerprint density at radius 1 is 1.59 bits per heavy atom. The molecule has 1 aromatic heterocycles. The fraction of sp³-hybridized carbons (Fsp3) is 0.545. The zero-order valence-electron chi connectivity index (χ0n) is 9.80. The highest BCUT2D eigenvalue weighted by molar-refractivity contribution is 5.96. The molecule has 0 aliphatic heterocycles. The summed E-state index contributed by atoms with van der Waals surface area (Å²) in [5, 5.41) is 11.8. The minimum Gasteiger partial charge on any atom is -0.480 e. The van der Waals surface area contributed by atoms with Crippen molar-refractivity contribution in [3.8, 4) is 0 Å². The molecule has 0 radical (unpaired) electrons. The third-order valence-electron chi connectivity index (χ3n) is 3.15. The molecule has 92 valence electrons. The van der Waals surface area contributed by atoms with Crippen LogP contribution in [0.15, 0.2) is 12.5 Å². The molecule has 2 rings (SSSR count). The first-order chi connectivity index (χ1) is 7.93. The van der Waals surface area contributed by atoms with Crippen LogP contribution in [0.1, 0.15) is 30.3 Å². The minimum atomic E-state index is -1.19. The zero-order valence-corrected chi connectivity index (χ0v) is 9.80. The lowest BCUT2D eigenvalue weighted by Gasteiger charge is -2.25. The number of rotatable bonds is 4. The number of aryl methyl sites for hydroxylation is 1. The Morgan fingerprint density at radius 3 is 2.65 bits per heavy atom. The molecule has 1 atom stereocenters. The molecule has 1 heterocycles. The molecule has 1 aliphatic carbocycles. The number of imidazole rings is 1. The van der Waals surface area contributed by atoms with Crippen LogP contribution < -0.4 is 5.32 Å². The van der Waals surface area contributed by atoms with Crippen molar-refractivity contribution in [2.24, 2.45) is 13.0 Å². The molecule has 0 aromatic carbocycles. The van der Waals surface area contributed by atoms with Crippen LogP contribution in [0, 0.1) is 5.92 Å². The van der Waals surface area contributed by atoms with E-state index in [0.29, 0.717) is 0 Å². The van der Waals surface area contributed by atoms with Gasteiger partial charge < -0.3 is 15.0 Å². The van der Waals surface area contributed by atoms with Crippen molar-refractivity contribution in [2.45, 2.75) is 25.3 Å². The molecular formula is C11H15N3O3. The van der Waals surface area contributed by atoms with E-state index in [1.165, 1.54) is 6.33 Å². The quantitative estimate of drug-likeness (QED) is 0.794. The van der Waals surface area contributed by atoms with Crippen molar-refractivity contribution in [1.82, 2.24) is 14.9 Å². The van der Waals surface area contributed by atoms with E-state index in [4.69, 9.17) is 0 Å². The number of nitrogens with zero attached hydrogens (tertiary/aromatic N) is 2. The number of nitrogens with one attached hydrogen (secondary N) is 1. The van der Waals surface area contributed by atoms with Crippen LogP contribution in [-0.2, 0) is 11.8 Å². The van der Waals surface area contributed by atoms with Crippen molar-refractivity contribution in [3.63, 3.8) is 0 Å². The van der Waals surface area contributed by atoms with E-state index in [-0.39, 0.29) is 11.6 Å². The normalized spacial score (nSPS) is 18.5. The highest BCUT2D eigenvalue weighted by atomic mass is 16.4. The Morgan fingerprint density at radius 2 is 2.24 bits per heavy atom. The predicted octanol–water partition coefficient (Wildman–Crippen LogP) is 0.403. The highest BCUT2D eigenvalue weighted by Crippen LogP contribution is 2.39. The van der Waals surface area contributed by atoms with E-state index < -0.39 is 17.4 Å². The van der Waals surface area contributed by atoms with Crippen molar-refractivity contribution >= 4 is 11.9 Å². The van der Waals surface area contributed by atoms with Crippen molar-refractivity contribution in [3.05, 3.63) is 18.2 Å². The maximum Gasteiger partial charge on any atom is 0.329 e. The second kappa shape index (κ2) is 3.87. The lowest BCUT2D eigenvalue weighted by atomic mass is 9.96. The summed E-state index contributed by atoms with van der Waals surface area (Å²) in [5.41, 5.74) is -0.949. The standard InChI is InChI=1S/C11H15N3O3/c1-11(10(16)17,7-3-4-7)13-9(15)8-5-14(2)6-12-8/h5-7H,3-4H2,1-2H3,(H,13,15)(H,16,17). The summed E-state index contributed by atoms with van der Waals surface area (Å²) in [5.74, 6) is -1.42. The Hall–Kier alpha value is -1.85. The number of amides is 1. The van der Waals surface area contributed by atoms with Crippen molar-refractivity contribution in [1.29, 1.82) is 0 Å². The van der Waals surface area contributed by atoms with Gasteiger partial charge in [-0.05, 0) is 25.7 Å². The Bertz CT molecular complexity index is 464. The van der Waals surface area contributed by atoms with Gasteiger partial charge in [-0.1, -0.05) is 0 Å². The van der Waals surface area contributed by atoms with E-state index in [0.717, 1.165) is 12.8 Å². The number of carbonyl (C=O) groups excluding carboxylic acids is 1. The van der Waals surface area contributed by atoms with Gasteiger partial charge in [-0.2, -0.15) is 0 Å². The van der Waals surface area contributed by atoms with E-state index in [2.05, 4.69) is 10.3 Å². The molecule has 1 fully saturated rings. The second-order valence-corrected chi connectivity index (χ2v) is 4.66. The third kappa shape index (κ3) is 2.15. The summed E-state index contributed by atoms with van der Waals surface area (Å²) < 4.78 is 1.64. The van der Waals surface area contributed by atoms with Crippen LogP contribution in [0.4, 0.5) is 0 Å². The molecule has 6 heteroatoms. The fourth-order valence-electron chi connectivity index (χ4n) is 1.82. The summed E-state index contributed by atoms with van der Waals surface area (Å²) in [4.78, 5) is 27.0. The Balaban J connectivity index is 2.14. The molecule has 1 saturated carbocycles. The topological polar surface area (TPSA) is 84.2 Å². The summed E-state index contributed by atoms with van der Waals surface area (Å²) in [6, 6.07) is 0. The average molecular weight is 237 g/mol. The Kier molecular flexibility index (Phi) is 2.65. The molecule has 6 nitrogen and oxygen atoms in total. The molecule has 2 N–H and O–H groups in total. The third-order valence-corrected chi connectivity index (χ3v) is 3.15. The van der Waals surface area contributed by atoms with Gasteiger partial charge in [0.1, 0.15) is 11.2 Å². The van der Waals surface area contributed by atoms with Gasteiger partial charge in [0.05, 0.1) is 6.33 Å². The number of aliphatic carboxylic acids is 1. The van der Waals surface area contributed by atoms with E-state index >= 15 is 0 Å². The van der Waals surface area contributed by atoms with Gasteiger partial charge in [0.25, 0.3) is 5.91 Å². The van der Waals surface area contributed by atoms with Gasteiger partial charge in [0, 0.05) is 13.2 Å². The van der Waals surface area contributed by atoms with Gasteiger partial charge in [-0.25, -0.2) is 9.78 Å². The zero-order chi connectivity index (χ0) is 12.6. The van der Waals surface area contributed by atoms with Crippen LogP contribution >= 0.6 is 0 Å². The van der Waals surface area contributed by atoms with E-state index in [9.17, 15) is 14.7 Å². The molecule has 1 aromatic rings.